The summed E-state index contributed by atoms with van der Waals surface area (Å²) in [4.78, 5) is 23.3. The van der Waals surface area contributed by atoms with Crippen LogP contribution in [0, 0.1) is 11.3 Å². The minimum absolute atomic E-state index is 0.166. The lowest BCUT2D eigenvalue weighted by Gasteiger charge is -2.36. The Labute approximate surface area is 240 Å². The summed E-state index contributed by atoms with van der Waals surface area (Å²) in [6, 6.07) is 16.2. The molecule has 2 fully saturated rings. The predicted octanol–water partition coefficient (Wildman–Crippen LogP) is 3.99. The van der Waals surface area contributed by atoms with Crippen molar-refractivity contribution in [3.63, 3.8) is 0 Å². The summed E-state index contributed by atoms with van der Waals surface area (Å²) < 4.78 is 11.2. The fourth-order valence-electron chi connectivity index (χ4n) is 5.91. The van der Waals surface area contributed by atoms with Gasteiger partial charge >= 0.3 is 0 Å². The Hall–Kier alpha value is -3.84. The van der Waals surface area contributed by atoms with Gasteiger partial charge in [-0.1, -0.05) is 0 Å². The molecule has 2 aromatic carbocycles. The highest BCUT2D eigenvalue weighted by Gasteiger charge is 2.19. The number of fused-ring (bicyclic) bond motifs is 2. The Balaban J connectivity index is 0.948. The molecular formula is C32H38N6O3. The summed E-state index contributed by atoms with van der Waals surface area (Å²) in [7, 11) is 0. The first-order chi connectivity index (χ1) is 20.2. The van der Waals surface area contributed by atoms with Crippen molar-refractivity contribution in [2.75, 3.05) is 77.0 Å². The van der Waals surface area contributed by atoms with E-state index in [0.29, 0.717) is 17.9 Å². The number of H-pyrrole nitrogens is 1. The quantitative estimate of drug-likeness (QED) is 0.286. The molecule has 0 saturated carbocycles. The van der Waals surface area contributed by atoms with E-state index in [1.54, 1.807) is 0 Å². The molecule has 9 heteroatoms. The molecular weight excluding hydrogens is 516 g/mol. The van der Waals surface area contributed by atoms with Gasteiger partial charge in [0.25, 0.3) is 5.91 Å². The number of ether oxygens (including phenoxy) is 1. The third-order valence-corrected chi connectivity index (χ3v) is 8.35. The Morgan fingerprint density at radius 3 is 2.61 bits per heavy atom. The van der Waals surface area contributed by atoms with Gasteiger partial charge in [0.05, 0.1) is 24.8 Å². The highest BCUT2D eigenvalue weighted by molar-refractivity contribution is 5.96. The van der Waals surface area contributed by atoms with Gasteiger partial charge in [-0.25, -0.2) is 0 Å². The molecule has 4 heterocycles. The van der Waals surface area contributed by atoms with E-state index < -0.39 is 0 Å². The Morgan fingerprint density at radius 2 is 1.78 bits per heavy atom. The molecule has 1 amide bonds. The standard InChI is InChI=1S/C32H38N6O3/c33-22-24-4-6-29-28(19-24)25(23-35-29)3-1-2-9-36-11-13-38(14-12-36)27-5-7-30-26(20-27)21-31(41-30)32(39)34-8-10-37-15-17-40-18-16-37/h4-7,19-21,23,35H,1-3,8-18H2,(H,34,39). The molecule has 4 aromatic rings. The summed E-state index contributed by atoms with van der Waals surface area (Å²) in [5.74, 6) is 0.198. The number of carbonyl (C=O) groups excluding carboxylic acids is 1. The molecule has 214 valence electrons. The average molecular weight is 555 g/mol. The van der Waals surface area contributed by atoms with Crippen molar-refractivity contribution in [3.8, 4) is 6.07 Å². The summed E-state index contributed by atoms with van der Waals surface area (Å²) >= 11 is 0. The minimum Gasteiger partial charge on any atom is -0.451 e. The Bertz CT molecular complexity index is 1520. The second-order valence-electron chi connectivity index (χ2n) is 11.0. The number of rotatable bonds is 10. The van der Waals surface area contributed by atoms with Crippen LogP contribution in [0.15, 0.2) is 53.1 Å². The third-order valence-electron chi connectivity index (χ3n) is 8.35. The molecule has 0 unspecified atom stereocenters. The third kappa shape index (κ3) is 6.57. The molecule has 0 aliphatic carbocycles. The molecule has 0 spiro atoms. The fraction of sp³-hybridized carbons (Fsp3) is 0.438. The number of benzene rings is 2. The van der Waals surface area contributed by atoms with E-state index in [1.807, 2.05) is 30.3 Å². The number of anilines is 1. The normalized spacial score (nSPS) is 16.8. The number of piperazine rings is 1. The SMILES string of the molecule is N#Cc1ccc2[nH]cc(CCCCN3CCN(c4ccc5oc(C(=O)NCCN6CCOCC6)cc5c4)CC3)c2c1. The lowest BCUT2D eigenvalue weighted by atomic mass is 10.1. The van der Waals surface area contributed by atoms with Crippen LogP contribution in [0.2, 0.25) is 0 Å². The first-order valence-corrected chi connectivity index (χ1v) is 14.8. The van der Waals surface area contributed by atoms with Crippen molar-refractivity contribution in [1.82, 2.24) is 20.1 Å². The van der Waals surface area contributed by atoms with Crippen LogP contribution in [0.25, 0.3) is 21.9 Å². The van der Waals surface area contributed by atoms with Crippen LogP contribution in [0.4, 0.5) is 5.69 Å². The lowest BCUT2D eigenvalue weighted by molar-refractivity contribution is 0.0382. The highest BCUT2D eigenvalue weighted by atomic mass is 16.5. The van der Waals surface area contributed by atoms with E-state index in [-0.39, 0.29) is 5.91 Å². The largest absolute Gasteiger partial charge is 0.451 e. The topological polar surface area (TPSA) is 101 Å². The molecule has 2 aliphatic rings. The summed E-state index contributed by atoms with van der Waals surface area (Å²) in [6.07, 6.45) is 5.39. The van der Waals surface area contributed by atoms with Crippen LogP contribution in [-0.4, -0.2) is 92.8 Å². The first kappa shape index (κ1) is 27.3. The van der Waals surface area contributed by atoms with Crippen LogP contribution in [0.5, 0.6) is 0 Å². The van der Waals surface area contributed by atoms with Crippen LogP contribution >= 0.6 is 0 Å². The monoisotopic (exact) mass is 554 g/mol. The van der Waals surface area contributed by atoms with Crippen LogP contribution in [0.1, 0.15) is 34.5 Å². The van der Waals surface area contributed by atoms with Gasteiger partial charge in [-0.3, -0.25) is 14.6 Å². The molecule has 2 saturated heterocycles. The zero-order valence-corrected chi connectivity index (χ0v) is 23.5. The van der Waals surface area contributed by atoms with Gasteiger partial charge in [0.15, 0.2) is 5.76 Å². The predicted molar refractivity (Wildman–Crippen MR) is 160 cm³/mol. The maximum Gasteiger partial charge on any atom is 0.287 e. The fourth-order valence-corrected chi connectivity index (χ4v) is 5.91. The number of nitrogens with one attached hydrogen (secondary N) is 2. The van der Waals surface area contributed by atoms with Crippen molar-refractivity contribution < 1.29 is 13.9 Å². The summed E-state index contributed by atoms with van der Waals surface area (Å²) in [6.45, 7) is 9.90. The molecule has 6 rings (SSSR count). The van der Waals surface area contributed by atoms with Gasteiger partial charge in [0.2, 0.25) is 0 Å². The number of aromatic amines is 1. The number of hydrogen-bond donors (Lipinski definition) is 2. The highest BCUT2D eigenvalue weighted by Crippen LogP contribution is 2.26. The van der Waals surface area contributed by atoms with E-state index >= 15 is 0 Å². The number of aryl methyl sites for hydroxylation is 1. The molecule has 9 nitrogen and oxygen atoms in total. The van der Waals surface area contributed by atoms with Gasteiger partial charge in [0.1, 0.15) is 5.58 Å². The second-order valence-corrected chi connectivity index (χ2v) is 11.0. The molecule has 2 aromatic heterocycles. The number of furan rings is 1. The molecule has 41 heavy (non-hydrogen) atoms. The van der Waals surface area contributed by atoms with Crippen molar-refractivity contribution in [3.05, 3.63) is 65.5 Å². The lowest BCUT2D eigenvalue weighted by Crippen LogP contribution is -2.46. The van der Waals surface area contributed by atoms with Crippen molar-refractivity contribution in [2.24, 2.45) is 0 Å². The zero-order chi connectivity index (χ0) is 28.0. The van der Waals surface area contributed by atoms with Gasteiger partial charge in [-0.05, 0) is 73.8 Å². The smallest absolute Gasteiger partial charge is 0.287 e. The molecule has 2 N–H and O–H groups in total. The zero-order valence-electron chi connectivity index (χ0n) is 23.5. The van der Waals surface area contributed by atoms with E-state index in [1.165, 1.54) is 16.6 Å². The van der Waals surface area contributed by atoms with Crippen molar-refractivity contribution >= 4 is 33.5 Å². The maximum atomic E-state index is 12.7. The van der Waals surface area contributed by atoms with Gasteiger partial charge < -0.3 is 24.4 Å². The number of unbranched alkanes of at least 4 members (excludes halogenated alkanes) is 1. The Morgan fingerprint density at radius 1 is 0.951 bits per heavy atom. The van der Waals surface area contributed by atoms with Crippen LogP contribution < -0.4 is 10.2 Å². The number of morpholine rings is 1. The van der Waals surface area contributed by atoms with Crippen molar-refractivity contribution in [1.29, 1.82) is 5.26 Å². The molecule has 0 bridgehead atoms. The van der Waals surface area contributed by atoms with Crippen LogP contribution in [-0.2, 0) is 11.2 Å². The number of carbonyl (C=O) groups is 1. The molecule has 0 radical (unpaired) electrons. The number of nitrogens with zero attached hydrogens (tertiary/aromatic N) is 4. The number of aromatic nitrogens is 1. The van der Waals surface area contributed by atoms with Gasteiger partial charge in [-0.15, -0.1) is 0 Å². The Kier molecular flexibility index (Phi) is 8.52. The first-order valence-electron chi connectivity index (χ1n) is 14.8. The van der Waals surface area contributed by atoms with E-state index in [9.17, 15) is 10.1 Å². The summed E-state index contributed by atoms with van der Waals surface area (Å²) in [5.41, 5.74) is 5.02. The molecule has 2 aliphatic heterocycles. The van der Waals surface area contributed by atoms with E-state index in [2.05, 4.69) is 49.4 Å². The van der Waals surface area contributed by atoms with Crippen molar-refractivity contribution in [2.45, 2.75) is 19.3 Å². The number of hydrogen-bond acceptors (Lipinski definition) is 7. The van der Waals surface area contributed by atoms with Gasteiger partial charge in [-0.2, -0.15) is 5.26 Å². The summed E-state index contributed by atoms with van der Waals surface area (Å²) in [5, 5.41) is 14.3. The van der Waals surface area contributed by atoms with Crippen LogP contribution in [0.3, 0.4) is 0 Å². The van der Waals surface area contributed by atoms with Gasteiger partial charge in [0, 0.05) is 80.5 Å². The second kappa shape index (κ2) is 12.8. The van der Waals surface area contributed by atoms with E-state index in [0.717, 1.165) is 101 Å². The number of amides is 1. The minimum atomic E-state index is -0.166. The maximum absolute atomic E-state index is 12.7. The average Bonchev–Trinajstić information content (AvgIpc) is 3.63. The molecule has 0 atom stereocenters. The van der Waals surface area contributed by atoms with E-state index in [4.69, 9.17) is 9.15 Å². The number of nitriles is 1.